The quantitative estimate of drug-likeness (QED) is 0.634. The molecule has 114 valence electrons. The third-order valence-corrected chi connectivity index (χ3v) is 4.52. The van der Waals surface area contributed by atoms with E-state index in [-0.39, 0.29) is 11.7 Å². The first-order valence-corrected chi connectivity index (χ1v) is 8.23. The normalized spacial score (nSPS) is 12.4. The molecule has 0 saturated carbocycles. The topological polar surface area (TPSA) is 25.2 Å². The maximum atomic E-state index is 13.1. The largest absolute Gasteiger partial charge is 0.469 e. The Morgan fingerprint density at radius 2 is 1.95 bits per heavy atom. The first kappa shape index (κ1) is 15.0. The summed E-state index contributed by atoms with van der Waals surface area (Å²) in [5.74, 6) is 0.855. The van der Waals surface area contributed by atoms with Crippen LogP contribution in [0.15, 0.2) is 64.6 Å². The molecule has 0 aliphatic rings. The molecule has 0 amide bonds. The van der Waals surface area contributed by atoms with Crippen molar-refractivity contribution in [1.29, 1.82) is 0 Å². The molecule has 2 aromatic heterocycles. The third kappa shape index (κ3) is 3.84. The highest BCUT2D eigenvalue weighted by molar-refractivity contribution is 7.09. The number of rotatable bonds is 7. The van der Waals surface area contributed by atoms with Crippen molar-refractivity contribution in [3.05, 3.63) is 82.2 Å². The smallest absolute Gasteiger partial charge is 0.123 e. The van der Waals surface area contributed by atoms with Gasteiger partial charge in [0.1, 0.15) is 11.6 Å². The van der Waals surface area contributed by atoms with Gasteiger partial charge in [-0.05, 0) is 54.2 Å². The van der Waals surface area contributed by atoms with Gasteiger partial charge in [-0.2, -0.15) is 0 Å². The summed E-state index contributed by atoms with van der Waals surface area (Å²) in [7, 11) is 0. The minimum absolute atomic E-state index is 0.145. The van der Waals surface area contributed by atoms with Crippen LogP contribution >= 0.6 is 11.3 Å². The minimum atomic E-state index is -0.210. The predicted octanol–water partition coefficient (Wildman–Crippen LogP) is 4.79. The van der Waals surface area contributed by atoms with E-state index < -0.39 is 0 Å². The lowest BCUT2D eigenvalue weighted by atomic mass is 9.93. The molecule has 22 heavy (non-hydrogen) atoms. The van der Waals surface area contributed by atoms with Crippen molar-refractivity contribution >= 4 is 11.3 Å². The van der Waals surface area contributed by atoms with Gasteiger partial charge in [0.05, 0.1) is 6.26 Å². The first-order valence-electron chi connectivity index (χ1n) is 7.35. The number of benzene rings is 1. The number of furan rings is 1. The van der Waals surface area contributed by atoms with Gasteiger partial charge in [0.2, 0.25) is 0 Å². The zero-order chi connectivity index (χ0) is 15.2. The fraction of sp³-hybridized carbons (Fsp3) is 0.222. The van der Waals surface area contributed by atoms with E-state index in [1.54, 1.807) is 17.6 Å². The monoisotopic (exact) mass is 315 g/mol. The molecule has 0 aliphatic heterocycles. The standard InChI is InChI=1S/C18H18FNOS/c19-15-7-5-14(6-8-15)17(18-4-1-11-21-18)9-10-20-13-16-3-2-12-22-16/h1-8,11-12,17,20H,9-10,13H2. The lowest BCUT2D eigenvalue weighted by molar-refractivity contribution is 0.466. The molecule has 0 fully saturated rings. The Labute approximate surface area is 133 Å². The lowest BCUT2D eigenvalue weighted by Gasteiger charge is -2.15. The van der Waals surface area contributed by atoms with Gasteiger partial charge in [-0.25, -0.2) is 4.39 Å². The van der Waals surface area contributed by atoms with E-state index in [0.29, 0.717) is 0 Å². The van der Waals surface area contributed by atoms with Gasteiger partial charge >= 0.3 is 0 Å². The molecule has 1 aromatic carbocycles. The molecule has 1 N–H and O–H groups in total. The molecule has 1 unspecified atom stereocenters. The van der Waals surface area contributed by atoms with Crippen molar-refractivity contribution in [3.63, 3.8) is 0 Å². The summed E-state index contributed by atoms with van der Waals surface area (Å²) in [6, 6.07) is 14.7. The predicted molar refractivity (Wildman–Crippen MR) is 87.6 cm³/mol. The number of hydrogen-bond acceptors (Lipinski definition) is 3. The highest BCUT2D eigenvalue weighted by Gasteiger charge is 2.16. The lowest BCUT2D eigenvalue weighted by Crippen LogP contribution is -2.17. The van der Waals surface area contributed by atoms with E-state index >= 15 is 0 Å². The number of nitrogens with one attached hydrogen (secondary N) is 1. The maximum Gasteiger partial charge on any atom is 0.123 e. The van der Waals surface area contributed by atoms with Crippen molar-refractivity contribution in [2.24, 2.45) is 0 Å². The zero-order valence-electron chi connectivity index (χ0n) is 12.2. The Bertz CT molecular complexity index is 662. The maximum absolute atomic E-state index is 13.1. The summed E-state index contributed by atoms with van der Waals surface area (Å²) in [5.41, 5.74) is 1.08. The summed E-state index contributed by atoms with van der Waals surface area (Å²) in [6.45, 7) is 1.76. The van der Waals surface area contributed by atoms with Crippen LogP contribution in [-0.2, 0) is 6.54 Å². The van der Waals surface area contributed by atoms with Gasteiger partial charge in [-0.15, -0.1) is 11.3 Å². The molecule has 3 aromatic rings. The average molecular weight is 315 g/mol. The molecule has 4 heteroatoms. The molecule has 0 aliphatic carbocycles. The molecule has 0 radical (unpaired) electrons. The molecular formula is C18H18FNOS. The van der Waals surface area contributed by atoms with E-state index in [2.05, 4.69) is 22.8 Å². The molecule has 3 rings (SSSR count). The second-order valence-corrected chi connectivity index (χ2v) is 6.20. The van der Waals surface area contributed by atoms with Crippen LogP contribution in [-0.4, -0.2) is 6.54 Å². The van der Waals surface area contributed by atoms with Gasteiger partial charge in [-0.1, -0.05) is 18.2 Å². The van der Waals surface area contributed by atoms with E-state index in [0.717, 1.165) is 30.8 Å². The fourth-order valence-corrected chi connectivity index (χ4v) is 3.20. The third-order valence-electron chi connectivity index (χ3n) is 3.65. The summed E-state index contributed by atoms with van der Waals surface area (Å²) in [5, 5.41) is 5.54. The Hall–Kier alpha value is -1.91. The van der Waals surface area contributed by atoms with Crippen LogP contribution in [0.1, 0.15) is 28.5 Å². The van der Waals surface area contributed by atoms with Crippen molar-refractivity contribution < 1.29 is 8.81 Å². The van der Waals surface area contributed by atoms with Crippen LogP contribution in [0.25, 0.3) is 0 Å². The molecule has 0 bridgehead atoms. The van der Waals surface area contributed by atoms with Gasteiger partial charge in [0.25, 0.3) is 0 Å². The molecule has 2 nitrogen and oxygen atoms in total. The second kappa shape index (κ2) is 7.38. The van der Waals surface area contributed by atoms with Crippen LogP contribution in [0.3, 0.4) is 0 Å². The van der Waals surface area contributed by atoms with E-state index in [9.17, 15) is 4.39 Å². The Balaban J connectivity index is 1.63. The SMILES string of the molecule is Fc1ccc(C(CCNCc2cccs2)c2ccco2)cc1. The molecule has 0 spiro atoms. The van der Waals surface area contributed by atoms with Crippen LogP contribution < -0.4 is 5.32 Å². The Kier molecular flexibility index (Phi) is 5.03. The molecule has 2 heterocycles. The van der Waals surface area contributed by atoms with Crippen molar-refractivity contribution in [1.82, 2.24) is 5.32 Å². The summed E-state index contributed by atoms with van der Waals surface area (Å²) < 4.78 is 18.7. The minimum Gasteiger partial charge on any atom is -0.469 e. The zero-order valence-corrected chi connectivity index (χ0v) is 13.0. The highest BCUT2D eigenvalue weighted by Crippen LogP contribution is 2.28. The molecular weight excluding hydrogens is 297 g/mol. The van der Waals surface area contributed by atoms with E-state index in [1.165, 1.54) is 17.0 Å². The van der Waals surface area contributed by atoms with Crippen LogP contribution in [0.5, 0.6) is 0 Å². The summed E-state index contributed by atoms with van der Waals surface area (Å²) in [4.78, 5) is 1.33. The van der Waals surface area contributed by atoms with Gasteiger partial charge in [0, 0.05) is 17.3 Å². The molecule has 0 saturated heterocycles. The van der Waals surface area contributed by atoms with Crippen LogP contribution in [0.4, 0.5) is 4.39 Å². The van der Waals surface area contributed by atoms with E-state index in [1.807, 2.05) is 24.3 Å². The fourth-order valence-electron chi connectivity index (χ4n) is 2.53. The first-order chi connectivity index (χ1) is 10.8. The van der Waals surface area contributed by atoms with Crippen molar-refractivity contribution in [2.75, 3.05) is 6.54 Å². The Morgan fingerprint density at radius 1 is 1.09 bits per heavy atom. The Morgan fingerprint density at radius 3 is 2.64 bits per heavy atom. The number of halogens is 1. The van der Waals surface area contributed by atoms with Gasteiger partial charge in [0.15, 0.2) is 0 Å². The highest BCUT2D eigenvalue weighted by atomic mass is 32.1. The second-order valence-electron chi connectivity index (χ2n) is 5.16. The average Bonchev–Trinajstić information content (AvgIpc) is 3.21. The summed E-state index contributed by atoms with van der Waals surface area (Å²) >= 11 is 1.75. The summed E-state index contributed by atoms with van der Waals surface area (Å²) in [6.07, 6.45) is 2.59. The van der Waals surface area contributed by atoms with Crippen LogP contribution in [0, 0.1) is 5.82 Å². The van der Waals surface area contributed by atoms with Crippen molar-refractivity contribution in [3.8, 4) is 0 Å². The van der Waals surface area contributed by atoms with Gasteiger partial charge in [-0.3, -0.25) is 0 Å². The van der Waals surface area contributed by atoms with Crippen LogP contribution in [0.2, 0.25) is 0 Å². The van der Waals surface area contributed by atoms with Gasteiger partial charge < -0.3 is 9.73 Å². The van der Waals surface area contributed by atoms with E-state index in [4.69, 9.17) is 4.42 Å². The van der Waals surface area contributed by atoms with Crippen molar-refractivity contribution in [2.45, 2.75) is 18.9 Å². The number of thiophene rings is 1. The number of hydrogen-bond donors (Lipinski definition) is 1. The molecule has 1 atom stereocenters.